The zero-order chi connectivity index (χ0) is 15.9. The molecule has 2 unspecified atom stereocenters. The van der Waals surface area contributed by atoms with Gasteiger partial charge < -0.3 is 14.7 Å². The molecule has 3 rings (SSSR count). The van der Waals surface area contributed by atoms with Crippen molar-refractivity contribution in [2.75, 3.05) is 32.7 Å². The lowest BCUT2D eigenvalue weighted by Crippen LogP contribution is -2.58. The number of ether oxygens (including phenoxy) is 1. The van der Waals surface area contributed by atoms with Gasteiger partial charge in [0, 0.05) is 38.6 Å². The molecule has 120 valence electrons. The Kier molecular flexibility index (Phi) is 3.39. The summed E-state index contributed by atoms with van der Waals surface area (Å²) in [7, 11) is 0. The van der Waals surface area contributed by atoms with Crippen LogP contribution in [-0.4, -0.2) is 73.9 Å². The van der Waals surface area contributed by atoms with Crippen LogP contribution in [0.3, 0.4) is 0 Å². The zero-order valence-corrected chi connectivity index (χ0v) is 12.1. The Hall–Kier alpha value is -2.36. The molecule has 2 aliphatic heterocycles. The van der Waals surface area contributed by atoms with Gasteiger partial charge in [-0.15, -0.1) is 0 Å². The first-order valence-electron chi connectivity index (χ1n) is 7.00. The Bertz CT molecular complexity index is 596. The molecule has 3 heterocycles. The minimum atomic E-state index is -1.59. The quantitative estimate of drug-likeness (QED) is 0.622. The van der Waals surface area contributed by atoms with Gasteiger partial charge >= 0.3 is 17.8 Å². The van der Waals surface area contributed by atoms with E-state index < -0.39 is 22.8 Å². The lowest BCUT2D eigenvalue weighted by molar-refractivity contribution is -0.619. The third-order valence-electron chi connectivity index (χ3n) is 4.37. The Morgan fingerprint density at radius 3 is 2.77 bits per heavy atom. The van der Waals surface area contributed by atoms with Crippen molar-refractivity contribution < 1.29 is 19.6 Å². The van der Waals surface area contributed by atoms with Gasteiger partial charge in [-0.05, 0) is 6.92 Å². The molecular weight excluding hydrogens is 294 g/mol. The average Bonchev–Trinajstić information content (AvgIpc) is 3.02. The van der Waals surface area contributed by atoms with Crippen LogP contribution in [0.25, 0.3) is 0 Å². The number of rotatable bonds is 3. The number of hydrogen-bond acceptors (Lipinski definition) is 6. The van der Waals surface area contributed by atoms with Gasteiger partial charge in [-0.2, -0.15) is 0 Å². The standard InChI is InChI=1S/C12H17N5O5/c1-9-12(17(20)21,22-10-13-2-3-16(9)10)8-14-4-6-15(7-5-14)11(18)19/h2-3,9H,4-8H2,1H3,(H,18,19). The van der Waals surface area contributed by atoms with Crippen molar-refractivity contribution in [2.45, 2.75) is 18.7 Å². The number of carbonyl (C=O) groups is 1. The van der Waals surface area contributed by atoms with E-state index in [-0.39, 0.29) is 12.6 Å². The van der Waals surface area contributed by atoms with Crippen LogP contribution in [0.2, 0.25) is 0 Å². The highest BCUT2D eigenvalue weighted by atomic mass is 16.7. The molecule has 2 atom stereocenters. The smallest absolute Gasteiger partial charge is 0.407 e. The topological polar surface area (TPSA) is 114 Å². The molecule has 2 aliphatic rings. The van der Waals surface area contributed by atoms with Gasteiger partial charge in [0.05, 0.1) is 4.92 Å². The third-order valence-corrected chi connectivity index (χ3v) is 4.37. The number of amides is 1. The van der Waals surface area contributed by atoms with E-state index in [1.54, 1.807) is 23.9 Å². The van der Waals surface area contributed by atoms with Gasteiger partial charge in [-0.1, -0.05) is 0 Å². The number of carboxylic acid groups (broad SMARTS) is 1. The monoisotopic (exact) mass is 311 g/mol. The third kappa shape index (κ3) is 2.15. The molecule has 1 N–H and O–H groups in total. The van der Waals surface area contributed by atoms with Crippen molar-refractivity contribution in [2.24, 2.45) is 0 Å². The van der Waals surface area contributed by atoms with E-state index in [2.05, 4.69) is 4.98 Å². The second-order valence-corrected chi connectivity index (χ2v) is 5.54. The lowest BCUT2D eigenvalue weighted by Gasteiger charge is -2.35. The first kappa shape index (κ1) is 14.6. The zero-order valence-electron chi connectivity index (χ0n) is 12.1. The molecule has 1 saturated heterocycles. The predicted octanol–water partition coefficient (Wildman–Crippen LogP) is 0.105. The van der Waals surface area contributed by atoms with Crippen molar-refractivity contribution in [1.29, 1.82) is 0 Å². The van der Waals surface area contributed by atoms with E-state index in [9.17, 15) is 14.9 Å². The van der Waals surface area contributed by atoms with E-state index >= 15 is 0 Å². The molecule has 1 amide bonds. The fourth-order valence-corrected chi connectivity index (χ4v) is 2.96. The van der Waals surface area contributed by atoms with Gasteiger partial charge in [-0.25, -0.2) is 9.78 Å². The molecule has 0 spiro atoms. The molecule has 0 radical (unpaired) electrons. The SMILES string of the molecule is CC1n2ccnc2OC1(CN1CCN(C(=O)O)CC1)[N+](=O)[O-]. The average molecular weight is 311 g/mol. The van der Waals surface area contributed by atoms with Crippen LogP contribution >= 0.6 is 0 Å². The van der Waals surface area contributed by atoms with Crippen molar-refractivity contribution in [3.8, 4) is 6.01 Å². The summed E-state index contributed by atoms with van der Waals surface area (Å²) in [6, 6.07) is -0.245. The maximum atomic E-state index is 11.7. The van der Waals surface area contributed by atoms with Crippen LogP contribution in [-0.2, 0) is 0 Å². The summed E-state index contributed by atoms with van der Waals surface area (Å²) in [5.74, 6) is 0. The summed E-state index contributed by atoms with van der Waals surface area (Å²) in [5, 5.41) is 20.6. The predicted molar refractivity (Wildman–Crippen MR) is 73.3 cm³/mol. The number of piperazine rings is 1. The summed E-state index contributed by atoms with van der Waals surface area (Å²) in [6.07, 6.45) is 2.24. The van der Waals surface area contributed by atoms with Crippen molar-refractivity contribution in [3.05, 3.63) is 22.5 Å². The van der Waals surface area contributed by atoms with Crippen molar-refractivity contribution in [3.63, 3.8) is 0 Å². The van der Waals surface area contributed by atoms with Gasteiger partial charge in [0.1, 0.15) is 12.6 Å². The minimum absolute atomic E-state index is 0.0952. The number of hydrogen-bond donors (Lipinski definition) is 1. The highest BCUT2D eigenvalue weighted by Crippen LogP contribution is 2.38. The maximum Gasteiger partial charge on any atom is 0.407 e. The molecule has 0 aliphatic carbocycles. The van der Waals surface area contributed by atoms with Crippen molar-refractivity contribution in [1.82, 2.24) is 19.4 Å². The minimum Gasteiger partial charge on any atom is -0.465 e. The van der Waals surface area contributed by atoms with E-state index in [0.29, 0.717) is 26.2 Å². The second-order valence-electron chi connectivity index (χ2n) is 5.54. The van der Waals surface area contributed by atoms with Gasteiger partial charge in [0.25, 0.3) is 0 Å². The van der Waals surface area contributed by atoms with Crippen LogP contribution in [0.15, 0.2) is 12.4 Å². The Morgan fingerprint density at radius 2 is 2.23 bits per heavy atom. The summed E-state index contributed by atoms with van der Waals surface area (Å²) in [5.41, 5.74) is -1.59. The van der Waals surface area contributed by atoms with Crippen LogP contribution in [0.5, 0.6) is 6.01 Å². The van der Waals surface area contributed by atoms with E-state index in [1.807, 2.05) is 4.90 Å². The van der Waals surface area contributed by atoms with Gasteiger partial charge in [0.2, 0.25) is 0 Å². The van der Waals surface area contributed by atoms with Crippen LogP contribution < -0.4 is 4.74 Å². The van der Waals surface area contributed by atoms with E-state index in [0.717, 1.165) is 0 Å². The van der Waals surface area contributed by atoms with E-state index in [1.165, 1.54) is 4.90 Å². The molecule has 22 heavy (non-hydrogen) atoms. The first-order chi connectivity index (χ1) is 10.4. The molecule has 0 saturated carbocycles. The van der Waals surface area contributed by atoms with Crippen LogP contribution in [0.1, 0.15) is 13.0 Å². The molecule has 1 aromatic rings. The van der Waals surface area contributed by atoms with E-state index in [4.69, 9.17) is 9.84 Å². The fraction of sp³-hybridized carbons (Fsp3) is 0.667. The molecule has 1 fully saturated rings. The fourth-order valence-electron chi connectivity index (χ4n) is 2.96. The lowest BCUT2D eigenvalue weighted by atomic mass is 10.1. The molecule has 10 nitrogen and oxygen atoms in total. The summed E-state index contributed by atoms with van der Waals surface area (Å²) in [6.45, 7) is 3.39. The second kappa shape index (κ2) is 5.13. The normalized spacial score (nSPS) is 28.2. The number of imidazole rings is 1. The Morgan fingerprint density at radius 1 is 1.55 bits per heavy atom. The van der Waals surface area contributed by atoms with Crippen molar-refractivity contribution >= 4 is 6.09 Å². The molecular formula is C12H17N5O5. The Balaban J connectivity index is 1.73. The number of aromatic nitrogens is 2. The number of nitrogens with zero attached hydrogens (tertiary/aromatic N) is 5. The van der Waals surface area contributed by atoms with Crippen LogP contribution in [0.4, 0.5) is 4.79 Å². The highest BCUT2D eigenvalue weighted by molar-refractivity contribution is 5.65. The summed E-state index contributed by atoms with van der Waals surface area (Å²) < 4.78 is 7.22. The summed E-state index contributed by atoms with van der Waals surface area (Å²) in [4.78, 5) is 29.3. The highest BCUT2D eigenvalue weighted by Gasteiger charge is 2.59. The Labute approximate surface area is 126 Å². The molecule has 0 bridgehead atoms. The molecule has 1 aromatic heterocycles. The van der Waals surface area contributed by atoms with Gasteiger partial charge in [-0.3, -0.25) is 19.6 Å². The molecule has 10 heteroatoms. The van der Waals surface area contributed by atoms with Gasteiger partial charge in [0.15, 0.2) is 0 Å². The number of nitro groups is 1. The maximum absolute atomic E-state index is 11.7. The molecule has 0 aromatic carbocycles. The van der Waals surface area contributed by atoms with Crippen LogP contribution in [0, 0.1) is 10.1 Å². The first-order valence-corrected chi connectivity index (χ1v) is 7.00. The number of fused-ring (bicyclic) bond motifs is 1. The largest absolute Gasteiger partial charge is 0.465 e. The summed E-state index contributed by atoms with van der Waals surface area (Å²) >= 11 is 0.